The van der Waals surface area contributed by atoms with Crippen molar-refractivity contribution in [3.05, 3.63) is 23.9 Å². The van der Waals surface area contributed by atoms with Crippen LogP contribution in [0.3, 0.4) is 0 Å². The number of rotatable bonds is 9. The molecule has 0 amide bonds. The Balaban J connectivity index is 2.40. The fraction of sp³-hybridized carbons (Fsp3) is 0.667. The van der Waals surface area contributed by atoms with Gasteiger partial charge in [-0.1, -0.05) is 19.9 Å². The molecule has 19 heavy (non-hydrogen) atoms. The molecule has 108 valence electrons. The first-order valence-electron chi connectivity index (χ1n) is 7.21. The molecule has 0 atom stereocenters. The largest absolute Gasteiger partial charge is 0.475 e. The lowest BCUT2D eigenvalue weighted by Gasteiger charge is -2.18. The number of likely N-dealkylation sites (N-methyl/N-ethyl adjacent to an activating group) is 1. The highest BCUT2D eigenvalue weighted by molar-refractivity contribution is 5.25. The first-order chi connectivity index (χ1) is 9.17. The Hall–Kier alpha value is -1.13. The van der Waals surface area contributed by atoms with Crippen LogP contribution in [0, 0.1) is 0 Å². The average molecular weight is 265 g/mol. The van der Waals surface area contributed by atoms with E-state index in [0.717, 1.165) is 44.2 Å². The molecule has 0 saturated carbocycles. The van der Waals surface area contributed by atoms with Crippen molar-refractivity contribution in [3.63, 3.8) is 0 Å². The van der Waals surface area contributed by atoms with Gasteiger partial charge in [-0.3, -0.25) is 0 Å². The smallest absolute Gasteiger partial charge is 0.218 e. The number of hydrogen-bond donors (Lipinski definition) is 1. The first kappa shape index (κ1) is 15.9. The Bertz CT molecular complexity index is 351. The summed E-state index contributed by atoms with van der Waals surface area (Å²) < 4.78 is 5.70. The van der Waals surface area contributed by atoms with E-state index in [9.17, 15) is 0 Å². The lowest BCUT2D eigenvalue weighted by molar-refractivity contribution is 0.229. The van der Waals surface area contributed by atoms with Gasteiger partial charge in [0.05, 0.1) is 6.10 Å². The lowest BCUT2D eigenvalue weighted by atomic mass is 10.2. The van der Waals surface area contributed by atoms with Gasteiger partial charge in [0.25, 0.3) is 0 Å². The van der Waals surface area contributed by atoms with Gasteiger partial charge in [0, 0.05) is 31.4 Å². The molecule has 0 fully saturated rings. The third-order valence-corrected chi connectivity index (χ3v) is 3.01. The van der Waals surface area contributed by atoms with Crippen LogP contribution in [0.2, 0.25) is 0 Å². The van der Waals surface area contributed by atoms with E-state index in [1.54, 1.807) is 6.20 Å². The molecule has 0 spiro atoms. The standard InChI is InChI=1S/C15H27N3O/c1-5-18(6-2)11-10-16-12-14-8-7-9-17-15(14)19-13(3)4/h7-9,13,16H,5-6,10-12H2,1-4H3. The molecule has 1 heterocycles. The van der Waals surface area contributed by atoms with Crippen molar-refractivity contribution in [3.8, 4) is 5.88 Å². The molecular formula is C15H27N3O. The summed E-state index contributed by atoms with van der Waals surface area (Å²) in [5.74, 6) is 0.743. The summed E-state index contributed by atoms with van der Waals surface area (Å²) in [6.45, 7) is 13.5. The van der Waals surface area contributed by atoms with Gasteiger partial charge in [-0.15, -0.1) is 0 Å². The SMILES string of the molecule is CCN(CC)CCNCc1cccnc1OC(C)C. The van der Waals surface area contributed by atoms with Crippen LogP contribution in [0.5, 0.6) is 5.88 Å². The Morgan fingerprint density at radius 2 is 2.05 bits per heavy atom. The Morgan fingerprint density at radius 1 is 1.32 bits per heavy atom. The van der Waals surface area contributed by atoms with Crippen LogP contribution >= 0.6 is 0 Å². The van der Waals surface area contributed by atoms with E-state index < -0.39 is 0 Å². The van der Waals surface area contributed by atoms with Crippen molar-refractivity contribution in [2.45, 2.75) is 40.3 Å². The number of ether oxygens (including phenoxy) is 1. The van der Waals surface area contributed by atoms with Crippen molar-refractivity contribution >= 4 is 0 Å². The van der Waals surface area contributed by atoms with Gasteiger partial charge in [-0.25, -0.2) is 4.98 Å². The second-order valence-electron chi connectivity index (χ2n) is 4.84. The van der Waals surface area contributed by atoms with Crippen molar-refractivity contribution in [2.75, 3.05) is 26.2 Å². The molecule has 0 saturated heterocycles. The number of nitrogens with zero attached hydrogens (tertiary/aromatic N) is 2. The molecule has 0 radical (unpaired) electrons. The van der Waals surface area contributed by atoms with Crippen LogP contribution in [0.1, 0.15) is 33.3 Å². The number of aromatic nitrogens is 1. The minimum atomic E-state index is 0.157. The summed E-state index contributed by atoms with van der Waals surface area (Å²) in [5.41, 5.74) is 1.12. The molecule has 0 bridgehead atoms. The zero-order valence-corrected chi connectivity index (χ0v) is 12.6. The van der Waals surface area contributed by atoms with Crippen LogP contribution < -0.4 is 10.1 Å². The minimum Gasteiger partial charge on any atom is -0.475 e. The van der Waals surface area contributed by atoms with Gasteiger partial charge in [-0.05, 0) is 33.0 Å². The summed E-state index contributed by atoms with van der Waals surface area (Å²) in [6, 6.07) is 4.02. The molecule has 0 aromatic carbocycles. The van der Waals surface area contributed by atoms with Crippen molar-refractivity contribution < 1.29 is 4.74 Å². The third-order valence-electron chi connectivity index (χ3n) is 3.01. The van der Waals surface area contributed by atoms with E-state index in [1.165, 1.54) is 0 Å². The minimum absolute atomic E-state index is 0.157. The maximum absolute atomic E-state index is 5.70. The lowest BCUT2D eigenvalue weighted by Crippen LogP contribution is -2.31. The Kier molecular flexibility index (Phi) is 7.45. The van der Waals surface area contributed by atoms with Gasteiger partial charge in [0.2, 0.25) is 5.88 Å². The van der Waals surface area contributed by atoms with E-state index in [2.05, 4.69) is 35.1 Å². The van der Waals surface area contributed by atoms with Crippen LogP contribution in [-0.2, 0) is 6.54 Å². The predicted octanol–water partition coefficient (Wildman–Crippen LogP) is 2.30. The molecule has 1 rings (SSSR count). The van der Waals surface area contributed by atoms with E-state index in [1.807, 2.05) is 19.9 Å². The topological polar surface area (TPSA) is 37.4 Å². The van der Waals surface area contributed by atoms with Crippen LogP contribution in [0.25, 0.3) is 0 Å². The van der Waals surface area contributed by atoms with E-state index in [0.29, 0.717) is 0 Å². The van der Waals surface area contributed by atoms with Crippen LogP contribution in [0.15, 0.2) is 18.3 Å². The van der Waals surface area contributed by atoms with Gasteiger partial charge in [-0.2, -0.15) is 0 Å². The number of hydrogen-bond acceptors (Lipinski definition) is 4. The highest BCUT2D eigenvalue weighted by Gasteiger charge is 2.06. The van der Waals surface area contributed by atoms with Gasteiger partial charge in [0.1, 0.15) is 0 Å². The highest BCUT2D eigenvalue weighted by atomic mass is 16.5. The number of nitrogens with one attached hydrogen (secondary N) is 1. The summed E-state index contributed by atoms with van der Waals surface area (Å²) in [7, 11) is 0. The van der Waals surface area contributed by atoms with Gasteiger partial charge < -0.3 is 15.0 Å². The molecule has 4 nitrogen and oxygen atoms in total. The molecule has 0 aliphatic carbocycles. The maximum Gasteiger partial charge on any atom is 0.218 e. The molecular weight excluding hydrogens is 238 g/mol. The van der Waals surface area contributed by atoms with E-state index in [-0.39, 0.29) is 6.10 Å². The first-order valence-corrected chi connectivity index (χ1v) is 7.21. The molecule has 1 aromatic heterocycles. The quantitative estimate of drug-likeness (QED) is 0.695. The summed E-state index contributed by atoms with van der Waals surface area (Å²) in [4.78, 5) is 6.70. The molecule has 1 aromatic rings. The van der Waals surface area contributed by atoms with Crippen molar-refractivity contribution in [2.24, 2.45) is 0 Å². The van der Waals surface area contributed by atoms with Gasteiger partial charge in [0.15, 0.2) is 0 Å². The molecule has 0 aliphatic rings. The second-order valence-corrected chi connectivity index (χ2v) is 4.84. The second kappa shape index (κ2) is 8.88. The summed E-state index contributed by atoms with van der Waals surface area (Å²) in [6.07, 6.45) is 1.93. The van der Waals surface area contributed by atoms with Crippen molar-refractivity contribution in [1.29, 1.82) is 0 Å². The average Bonchev–Trinajstić information content (AvgIpc) is 2.40. The Labute approximate surface area is 117 Å². The van der Waals surface area contributed by atoms with E-state index in [4.69, 9.17) is 4.74 Å². The highest BCUT2D eigenvalue weighted by Crippen LogP contribution is 2.15. The molecule has 0 unspecified atom stereocenters. The monoisotopic (exact) mass is 265 g/mol. The zero-order valence-electron chi connectivity index (χ0n) is 12.6. The molecule has 4 heteroatoms. The predicted molar refractivity (Wildman–Crippen MR) is 79.5 cm³/mol. The van der Waals surface area contributed by atoms with Crippen LogP contribution in [0.4, 0.5) is 0 Å². The fourth-order valence-electron chi connectivity index (χ4n) is 1.89. The fourth-order valence-corrected chi connectivity index (χ4v) is 1.89. The normalized spacial score (nSPS) is 11.3. The van der Waals surface area contributed by atoms with Crippen molar-refractivity contribution in [1.82, 2.24) is 15.2 Å². The molecule has 0 aliphatic heterocycles. The molecule has 1 N–H and O–H groups in total. The van der Waals surface area contributed by atoms with Crippen LogP contribution in [-0.4, -0.2) is 42.2 Å². The number of pyridine rings is 1. The maximum atomic E-state index is 5.70. The third kappa shape index (κ3) is 6.03. The van der Waals surface area contributed by atoms with E-state index >= 15 is 0 Å². The zero-order chi connectivity index (χ0) is 14.1. The Morgan fingerprint density at radius 3 is 2.68 bits per heavy atom. The van der Waals surface area contributed by atoms with Gasteiger partial charge >= 0.3 is 0 Å². The summed E-state index contributed by atoms with van der Waals surface area (Å²) in [5, 5.41) is 3.45. The summed E-state index contributed by atoms with van der Waals surface area (Å²) >= 11 is 0.